The highest BCUT2D eigenvalue weighted by molar-refractivity contribution is 6.03. The van der Waals surface area contributed by atoms with Gasteiger partial charge in [-0.05, 0) is 55.7 Å². The molecule has 3 aromatic rings. The van der Waals surface area contributed by atoms with Crippen LogP contribution in [0, 0.1) is 20.8 Å². The maximum absolute atomic E-state index is 12.6. The molecule has 0 radical (unpaired) electrons. The highest BCUT2D eigenvalue weighted by Crippen LogP contribution is 2.15. The predicted molar refractivity (Wildman–Crippen MR) is 104 cm³/mol. The highest BCUT2D eigenvalue weighted by Gasteiger charge is 2.11. The zero-order valence-corrected chi connectivity index (χ0v) is 15.2. The van der Waals surface area contributed by atoms with E-state index in [-0.39, 0.29) is 5.91 Å². The molecule has 0 aliphatic carbocycles. The van der Waals surface area contributed by atoms with E-state index in [0.29, 0.717) is 18.2 Å². The maximum atomic E-state index is 12.6. The van der Waals surface area contributed by atoms with Crippen molar-refractivity contribution >= 4 is 17.5 Å². The Bertz CT molecular complexity index is 923. The van der Waals surface area contributed by atoms with E-state index in [4.69, 9.17) is 0 Å². The summed E-state index contributed by atoms with van der Waals surface area (Å²) in [6, 6.07) is 17.5. The molecule has 1 heterocycles. The molecule has 0 fully saturated rings. The first-order valence-corrected chi connectivity index (χ1v) is 8.53. The van der Waals surface area contributed by atoms with Gasteiger partial charge in [-0.25, -0.2) is 9.97 Å². The Labute approximate surface area is 153 Å². The van der Waals surface area contributed by atoms with E-state index < -0.39 is 0 Å². The van der Waals surface area contributed by atoms with Crippen LogP contribution in [0.4, 0.5) is 11.6 Å². The summed E-state index contributed by atoms with van der Waals surface area (Å²) in [6.45, 7) is 6.51. The van der Waals surface area contributed by atoms with Crippen molar-refractivity contribution in [3.8, 4) is 0 Å². The van der Waals surface area contributed by atoms with E-state index in [1.54, 1.807) is 6.07 Å². The van der Waals surface area contributed by atoms with Crippen molar-refractivity contribution in [3.05, 3.63) is 82.7 Å². The van der Waals surface area contributed by atoms with Crippen LogP contribution in [0.5, 0.6) is 0 Å². The molecule has 0 saturated heterocycles. The van der Waals surface area contributed by atoms with Gasteiger partial charge in [0.1, 0.15) is 5.69 Å². The van der Waals surface area contributed by atoms with Crippen LogP contribution < -0.4 is 10.6 Å². The Hall–Kier alpha value is -3.21. The average molecular weight is 346 g/mol. The number of nitrogens with zero attached hydrogens (tertiary/aromatic N) is 2. The number of nitrogens with one attached hydrogen (secondary N) is 2. The lowest BCUT2D eigenvalue weighted by Gasteiger charge is -2.10. The van der Waals surface area contributed by atoms with Gasteiger partial charge in [0, 0.05) is 17.9 Å². The van der Waals surface area contributed by atoms with Crippen LogP contribution in [0.2, 0.25) is 0 Å². The molecular formula is C21H22N4O. The minimum Gasteiger partial charge on any atom is -0.350 e. The summed E-state index contributed by atoms with van der Waals surface area (Å²) in [5, 5.41) is 6.07. The Morgan fingerprint density at radius 2 is 1.69 bits per heavy atom. The fourth-order valence-corrected chi connectivity index (χ4v) is 2.56. The summed E-state index contributed by atoms with van der Waals surface area (Å²) in [6.07, 6.45) is 0. The molecule has 0 atom stereocenters. The number of hydrogen-bond donors (Lipinski definition) is 2. The van der Waals surface area contributed by atoms with E-state index in [0.717, 1.165) is 22.5 Å². The van der Waals surface area contributed by atoms with Gasteiger partial charge in [-0.2, -0.15) is 0 Å². The Kier molecular flexibility index (Phi) is 5.27. The Morgan fingerprint density at radius 3 is 2.42 bits per heavy atom. The van der Waals surface area contributed by atoms with E-state index in [1.807, 2.05) is 69.3 Å². The monoisotopic (exact) mass is 346 g/mol. The van der Waals surface area contributed by atoms with Crippen molar-refractivity contribution < 1.29 is 4.79 Å². The smallest absolute Gasteiger partial charge is 0.274 e. The molecule has 0 aliphatic heterocycles. The SMILES string of the molecule is Cc1cc(C(=O)Nc2ccc(C)c(C)c2)nc(NCc2ccccc2)n1. The third-order valence-electron chi connectivity index (χ3n) is 4.15. The van der Waals surface area contributed by atoms with Gasteiger partial charge in [0.05, 0.1) is 0 Å². The van der Waals surface area contributed by atoms with Gasteiger partial charge in [0.15, 0.2) is 0 Å². The van der Waals surface area contributed by atoms with Crippen LogP contribution in [0.25, 0.3) is 0 Å². The summed E-state index contributed by atoms with van der Waals surface area (Å²) in [5.41, 5.74) is 5.28. The topological polar surface area (TPSA) is 66.9 Å². The number of rotatable bonds is 5. The third kappa shape index (κ3) is 4.45. The van der Waals surface area contributed by atoms with Crippen molar-refractivity contribution in [1.82, 2.24) is 9.97 Å². The molecule has 3 rings (SSSR count). The van der Waals surface area contributed by atoms with Crippen molar-refractivity contribution in [2.24, 2.45) is 0 Å². The molecule has 2 aromatic carbocycles. The maximum Gasteiger partial charge on any atom is 0.274 e. The first kappa shape index (κ1) is 17.6. The van der Waals surface area contributed by atoms with Gasteiger partial charge >= 0.3 is 0 Å². The standard InChI is InChI=1S/C21H22N4O/c1-14-9-10-18(11-15(14)2)24-20(26)19-12-16(3)23-21(25-19)22-13-17-7-5-4-6-8-17/h4-12H,13H2,1-3H3,(H,24,26)(H,22,23,25). The van der Waals surface area contributed by atoms with E-state index in [1.165, 1.54) is 5.56 Å². The lowest BCUT2D eigenvalue weighted by atomic mass is 10.1. The molecule has 0 unspecified atom stereocenters. The number of aryl methyl sites for hydroxylation is 3. The van der Waals surface area contributed by atoms with Gasteiger partial charge in [-0.1, -0.05) is 36.4 Å². The summed E-state index contributed by atoms with van der Waals surface area (Å²) in [7, 11) is 0. The summed E-state index contributed by atoms with van der Waals surface area (Å²) in [4.78, 5) is 21.3. The lowest BCUT2D eigenvalue weighted by Crippen LogP contribution is -2.16. The van der Waals surface area contributed by atoms with Crippen LogP contribution in [0.3, 0.4) is 0 Å². The molecule has 0 bridgehead atoms. The van der Waals surface area contributed by atoms with Crippen molar-refractivity contribution in [2.45, 2.75) is 27.3 Å². The highest BCUT2D eigenvalue weighted by atomic mass is 16.1. The van der Waals surface area contributed by atoms with Gasteiger partial charge in [0.25, 0.3) is 5.91 Å². The number of aromatic nitrogens is 2. The van der Waals surface area contributed by atoms with Gasteiger partial charge < -0.3 is 10.6 Å². The molecule has 0 aliphatic rings. The number of hydrogen-bond acceptors (Lipinski definition) is 4. The second kappa shape index (κ2) is 7.78. The Morgan fingerprint density at radius 1 is 0.923 bits per heavy atom. The molecular weight excluding hydrogens is 324 g/mol. The van der Waals surface area contributed by atoms with Crippen LogP contribution in [0.15, 0.2) is 54.6 Å². The molecule has 5 heteroatoms. The van der Waals surface area contributed by atoms with Crippen molar-refractivity contribution in [2.75, 3.05) is 10.6 Å². The number of carbonyl (C=O) groups is 1. The molecule has 0 saturated carbocycles. The first-order valence-electron chi connectivity index (χ1n) is 8.53. The second-order valence-corrected chi connectivity index (χ2v) is 6.31. The quantitative estimate of drug-likeness (QED) is 0.724. The summed E-state index contributed by atoms with van der Waals surface area (Å²) in [5.74, 6) is 0.195. The minimum absolute atomic E-state index is 0.249. The molecule has 5 nitrogen and oxygen atoms in total. The minimum atomic E-state index is -0.249. The molecule has 2 N–H and O–H groups in total. The fraction of sp³-hybridized carbons (Fsp3) is 0.190. The summed E-state index contributed by atoms with van der Waals surface area (Å²) < 4.78 is 0. The molecule has 1 amide bonds. The zero-order valence-electron chi connectivity index (χ0n) is 15.2. The summed E-state index contributed by atoms with van der Waals surface area (Å²) >= 11 is 0. The van der Waals surface area contributed by atoms with Gasteiger partial charge in [-0.15, -0.1) is 0 Å². The van der Waals surface area contributed by atoms with Crippen LogP contribution in [-0.4, -0.2) is 15.9 Å². The Balaban J connectivity index is 1.73. The van der Waals surface area contributed by atoms with E-state index in [9.17, 15) is 4.79 Å². The number of amides is 1. The van der Waals surface area contributed by atoms with Gasteiger partial charge in [-0.3, -0.25) is 4.79 Å². The molecule has 1 aromatic heterocycles. The number of carbonyl (C=O) groups excluding carboxylic acids is 1. The van der Waals surface area contributed by atoms with E-state index in [2.05, 4.69) is 20.6 Å². The molecule has 26 heavy (non-hydrogen) atoms. The zero-order chi connectivity index (χ0) is 18.5. The van der Waals surface area contributed by atoms with Crippen LogP contribution in [0.1, 0.15) is 32.9 Å². The van der Waals surface area contributed by atoms with Gasteiger partial charge in [0.2, 0.25) is 5.95 Å². The molecule has 0 spiro atoms. The van der Waals surface area contributed by atoms with E-state index >= 15 is 0 Å². The number of anilines is 2. The predicted octanol–water partition coefficient (Wildman–Crippen LogP) is 4.27. The third-order valence-corrected chi connectivity index (χ3v) is 4.15. The average Bonchev–Trinajstić information content (AvgIpc) is 2.63. The van der Waals surface area contributed by atoms with Crippen LogP contribution >= 0.6 is 0 Å². The molecule has 132 valence electrons. The largest absolute Gasteiger partial charge is 0.350 e. The fourth-order valence-electron chi connectivity index (χ4n) is 2.56. The second-order valence-electron chi connectivity index (χ2n) is 6.31. The van der Waals surface area contributed by atoms with Crippen LogP contribution in [-0.2, 0) is 6.54 Å². The number of benzene rings is 2. The normalized spacial score (nSPS) is 10.4. The van der Waals surface area contributed by atoms with Crippen molar-refractivity contribution in [1.29, 1.82) is 0 Å². The first-order chi connectivity index (χ1) is 12.5. The van der Waals surface area contributed by atoms with Crippen molar-refractivity contribution in [3.63, 3.8) is 0 Å². The lowest BCUT2D eigenvalue weighted by molar-refractivity contribution is 0.102.